The molecule has 0 aromatic heterocycles. The Bertz CT molecular complexity index is 679. The highest BCUT2D eigenvalue weighted by Gasteiger charge is 2.31. The Balaban J connectivity index is 1.30. The molecular weight excluding hydrogens is 336 g/mol. The number of benzene rings is 1. The van der Waals surface area contributed by atoms with Crippen LogP contribution in [0.1, 0.15) is 18.4 Å². The van der Waals surface area contributed by atoms with Gasteiger partial charge in [-0.3, -0.25) is 9.59 Å². The number of ether oxygens (including phenoxy) is 3. The van der Waals surface area contributed by atoms with Gasteiger partial charge in [0, 0.05) is 32.8 Å². The van der Waals surface area contributed by atoms with Gasteiger partial charge in [0.25, 0.3) is 5.91 Å². The summed E-state index contributed by atoms with van der Waals surface area (Å²) in [5.41, 5.74) is 0.914. The van der Waals surface area contributed by atoms with E-state index in [1.807, 2.05) is 28.0 Å². The number of fused-ring (bicyclic) bond motifs is 1. The van der Waals surface area contributed by atoms with Crippen molar-refractivity contribution in [3.8, 4) is 11.5 Å². The molecule has 0 N–H and O–H groups in total. The van der Waals surface area contributed by atoms with Crippen LogP contribution in [0.3, 0.4) is 0 Å². The van der Waals surface area contributed by atoms with Crippen molar-refractivity contribution in [3.05, 3.63) is 23.8 Å². The number of hydrogen-bond acceptors (Lipinski definition) is 5. The molecule has 1 aromatic rings. The predicted molar refractivity (Wildman–Crippen MR) is 93.3 cm³/mol. The molecule has 3 heterocycles. The second kappa shape index (κ2) is 7.53. The predicted octanol–water partition coefficient (Wildman–Crippen LogP) is 0.850. The molecule has 0 aliphatic carbocycles. The second-order valence-electron chi connectivity index (χ2n) is 6.86. The summed E-state index contributed by atoms with van der Waals surface area (Å²) in [7, 11) is 0. The highest BCUT2D eigenvalue weighted by molar-refractivity contribution is 5.82. The zero-order chi connectivity index (χ0) is 17.9. The minimum Gasteiger partial charge on any atom is -0.486 e. The summed E-state index contributed by atoms with van der Waals surface area (Å²) in [4.78, 5) is 28.6. The van der Waals surface area contributed by atoms with Crippen LogP contribution in [0.25, 0.3) is 0 Å². The van der Waals surface area contributed by atoms with E-state index in [4.69, 9.17) is 14.2 Å². The van der Waals surface area contributed by atoms with E-state index >= 15 is 0 Å². The molecule has 2 fully saturated rings. The zero-order valence-corrected chi connectivity index (χ0v) is 14.8. The van der Waals surface area contributed by atoms with E-state index in [1.54, 1.807) is 0 Å². The van der Waals surface area contributed by atoms with Crippen molar-refractivity contribution in [2.24, 2.45) is 0 Å². The number of rotatable bonds is 3. The molecule has 7 nitrogen and oxygen atoms in total. The van der Waals surface area contributed by atoms with Gasteiger partial charge in [-0.2, -0.15) is 0 Å². The van der Waals surface area contributed by atoms with E-state index in [2.05, 4.69) is 0 Å². The molecule has 1 atom stereocenters. The monoisotopic (exact) mass is 360 g/mol. The highest BCUT2D eigenvalue weighted by Crippen LogP contribution is 2.31. The van der Waals surface area contributed by atoms with Crippen molar-refractivity contribution in [2.75, 3.05) is 46.0 Å². The van der Waals surface area contributed by atoms with Crippen LogP contribution in [-0.2, 0) is 20.7 Å². The fourth-order valence-corrected chi connectivity index (χ4v) is 3.64. The van der Waals surface area contributed by atoms with Crippen molar-refractivity contribution in [1.29, 1.82) is 0 Å². The van der Waals surface area contributed by atoms with Crippen LogP contribution in [0.5, 0.6) is 11.5 Å². The Morgan fingerprint density at radius 3 is 2.42 bits per heavy atom. The van der Waals surface area contributed by atoms with E-state index in [0.717, 1.165) is 24.2 Å². The summed E-state index contributed by atoms with van der Waals surface area (Å²) >= 11 is 0. The van der Waals surface area contributed by atoms with Gasteiger partial charge in [0.2, 0.25) is 5.91 Å². The Morgan fingerprint density at radius 1 is 0.962 bits per heavy atom. The number of nitrogens with zero attached hydrogens (tertiary/aromatic N) is 2. The first kappa shape index (κ1) is 17.1. The van der Waals surface area contributed by atoms with Crippen LogP contribution in [0.15, 0.2) is 18.2 Å². The first-order chi connectivity index (χ1) is 12.7. The topological polar surface area (TPSA) is 68.3 Å². The van der Waals surface area contributed by atoms with Gasteiger partial charge in [-0.05, 0) is 30.5 Å². The highest BCUT2D eigenvalue weighted by atomic mass is 16.6. The van der Waals surface area contributed by atoms with E-state index in [1.165, 1.54) is 0 Å². The van der Waals surface area contributed by atoms with Gasteiger partial charge in [-0.15, -0.1) is 0 Å². The molecule has 1 aromatic carbocycles. The molecule has 0 spiro atoms. The SMILES string of the molecule is O=C(Cc1ccc2c(c1)OCCO2)N1CCN(C(=O)[C@@H]2CCCO2)CC1. The van der Waals surface area contributed by atoms with Gasteiger partial charge in [0.05, 0.1) is 6.42 Å². The average molecular weight is 360 g/mol. The molecule has 3 aliphatic rings. The van der Waals surface area contributed by atoms with E-state index in [9.17, 15) is 9.59 Å². The maximum Gasteiger partial charge on any atom is 0.251 e. The molecule has 0 radical (unpaired) electrons. The Labute approximate surface area is 152 Å². The molecule has 2 saturated heterocycles. The van der Waals surface area contributed by atoms with Crippen LogP contribution in [0.2, 0.25) is 0 Å². The van der Waals surface area contributed by atoms with Gasteiger partial charge in [-0.25, -0.2) is 0 Å². The largest absolute Gasteiger partial charge is 0.486 e. The molecule has 4 rings (SSSR count). The zero-order valence-electron chi connectivity index (χ0n) is 14.8. The first-order valence-corrected chi connectivity index (χ1v) is 9.27. The summed E-state index contributed by atoms with van der Waals surface area (Å²) < 4.78 is 16.6. The van der Waals surface area contributed by atoms with Crippen LogP contribution in [-0.4, -0.2) is 73.7 Å². The Hall–Kier alpha value is -2.28. The maximum atomic E-state index is 12.6. The van der Waals surface area contributed by atoms with Gasteiger partial charge >= 0.3 is 0 Å². The first-order valence-electron chi connectivity index (χ1n) is 9.27. The molecule has 0 saturated carbocycles. The maximum absolute atomic E-state index is 12.6. The third kappa shape index (κ3) is 3.62. The van der Waals surface area contributed by atoms with Crippen LogP contribution < -0.4 is 9.47 Å². The summed E-state index contributed by atoms with van der Waals surface area (Å²) in [6, 6.07) is 5.64. The normalized spacial score (nSPS) is 22.4. The number of amides is 2. The fourth-order valence-electron chi connectivity index (χ4n) is 3.64. The summed E-state index contributed by atoms with van der Waals surface area (Å²) in [6.07, 6.45) is 1.80. The lowest BCUT2D eigenvalue weighted by atomic mass is 10.1. The van der Waals surface area contributed by atoms with Gasteiger partial charge in [0.15, 0.2) is 11.5 Å². The molecule has 26 heavy (non-hydrogen) atoms. The van der Waals surface area contributed by atoms with Crippen molar-refractivity contribution in [2.45, 2.75) is 25.4 Å². The van der Waals surface area contributed by atoms with Gasteiger partial charge < -0.3 is 24.0 Å². The van der Waals surface area contributed by atoms with Crippen LogP contribution in [0.4, 0.5) is 0 Å². The number of hydrogen-bond donors (Lipinski definition) is 0. The van der Waals surface area contributed by atoms with E-state index in [0.29, 0.717) is 58.2 Å². The minimum absolute atomic E-state index is 0.0708. The average Bonchev–Trinajstić information content (AvgIpc) is 3.22. The Morgan fingerprint density at radius 2 is 1.69 bits per heavy atom. The lowest BCUT2D eigenvalue weighted by Crippen LogP contribution is -2.53. The van der Waals surface area contributed by atoms with Crippen LogP contribution >= 0.6 is 0 Å². The number of carbonyl (C=O) groups excluding carboxylic acids is 2. The lowest BCUT2D eigenvalue weighted by Gasteiger charge is -2.35. The second-order valence-corrected chi connectivity index (χ2v) is 6.86. The third-order valence-corrected chi connectivity index (χ3v) is 5.11. The van der Waals surface area contributed by atoms with Crippen LogP contribution in [0, 0.1) is 0 Å². The molecule has 140 valence electrons. The van der Waals surface area contributed by atoms with E-state index < -0.39 is 0 Å². The standard InChI is InChI=1S/C19H24N2O5/c22-18(13-14-3-4-15-17(12-14)26-11-10-25-15)20-5-7-21(8-6-20)19(23)16-2-1-9-24-16/h3-4,12,16H,1-2,5-11,13H2/t16-/m0/s1. The molecule has 0 bridgehead atoms. The number of carbonyl (C=O) groups is 2. The molecule has 0 unspecified atom stereocenters. The third-order valence-electron chi connectivity index (χ3n) is 5.11. The van der Waals surface area contributed by atoms with Crippen molar-refractivity contribution in [3.63, 3.8) is 0 Å². The Kier molecular flexibility index (Phi) is 4.97. The summed E-state index contributed by atoms with van der Waals surface area (Å²) in [5.74, 6) is 1.58. The molecule has 7 heteroatoms. The molecule has 2 amide bonds. The molecular formula is C19H24N2O5. The van der Waals surface area contributed by atoms with Crippen molar-refractivity contribution < 1.29 is 23.8 Å². The van der Waals surface area contributed by atoms with Crippen molar-refractivity contribution >= 4 is 11.8 Å². The minimum atomic E-state index is -0.282. The number of piperazine rings is 1. The molecule has 3 aliphatic heterocycles. The van der Waals surface area contributed by atoms with E-state index in [-0.39, 0.29) is 17.9 Å². The summed E-state index contributed by atoms with van der Waals surface area (Å²) in [6.45, 7) is 4.05. The smallest absolute Gasteiger partial charge is 0.251 e. The lowest BCUT2D eigenvalue weighted by molar-refractivity contribution is -0.145. The van der Waals surface area contributed by atoms with Gasteiger partial charge in [-0.1, -0.05) is 6.07 Å². The summed E-state index contributed by atoms with van der Waals surface area (Å²) in [5, 5.41) is 0. The fraction of sp³-hybridized carbons (Fsp3) is 0.579. The van der Waals surface area contributed by atoms with Gasteiger partial charge in [0.1, 0.15) is 19.3 Å². The quantitative estimate of drug-likeness (QED) is 0.799. The van der Waals surface area contributed by atoms with Crippen molar-refractivity contribution in [1.82, 2.24) is 9.80 Å².